The third kappa shape index (κ3) is 4.14. The van der Waals surface area contributed by atoms with Crippen molar-refractivity contribution in [2.75, 3.05) is 26.2 Å². The zero-order valence-corrected chi connectivity index (χ0v) is 15.5. The van der Waals surface area contributed by atoms with Crippen molar-refractivity contribution in [1.82, 2.24) is 15.1 Å². The quantitative estimate of drug-likeness (QED) is 0.917. The average Bonchev–Trinajstić information content (AvgIpc) is 3.43. The highest BCUT2D eigenvalue weighted by atomic mass is 16.2. The Morgan fingerprint density at radius 2 is 1.76 bits per heavy atom. The first-order chi connectivity index (χ1) is 12.0. The SMILES string of the molecule is Cc1cccc([C@@H](C)NC(=O)N2CCCN(C(=O)C3CC3)CC2)c1C. The minimum atomic E-state index is -0.0332. The smallest absolute Gasteiger partial charge is 0.317 e. The molecule has 0 unspecified atom stereocenters. The van der Waals surface area contributed by atoms with Gasteiger partial charge in [0.2, 0.25) is 5.91 Å². The van der Waals surface area contributed by atoms with Gasteiger partial charge < -0.3 is 15.1 Å². The summed E-state index contributed by atoms with van der Waals surface area (Å²) >= 11 is 0. The zero-order valence-electron chi connectivity index (χ0n) is 15.5. The Balaban J connectivity index is 1.57. The molecule has 1 atom stereocenters. The Labute approximate surface area is 150 Å². The Morgan fingerprint density at radius 3 is 2.48 bits per heavy atom. The molecule has 3 amide bonds. The van der Waals surface area contributed by atoms with Gasteiger partial charge in [0.15, 0.2) is 0 Å². The topological polar surface area (TPSA) is 52.7 Å². The number of rotatable bonds is 3. The minimum absolute atomic E-state index is 0.0279. The first-order valence-corrected chi connectivity index (χ1v) is 9.37. The van der Waals surface area contributed by atoms with Crippen LogP contribution in [0, 0.1) is 19.8 Å². The van der Waals surface area contributed by atoms with Crippen molar-refractivity contribution in [2.24, 2.45) is 5.92 Å². The van der Waals surface area contributed by atoms with Crippen molar-refractivity contribution in [3.63, 3.8) is 0 Å². The third-order valence-electron chi connectivity index (χ3n) is 5.47. The maximum Gasteiger partial charge on any atom is 0.317 e. The zero-order chi connectivity index (χ0) is 18.0. The lowest BCUT2D eigenvalue weighted by atomic mass is 9.98. The summed E-state index contributed by atoms with van der Waals surface area (Å²) in [6.45, 7) is 8.96. The molecule has 3 rings (SSSR count). The van der Waals surface area contributed by atoms with E-state index in [0.29, 0.717) is 19.6 Å². The van der Waals surface area contributed by atoms with Gasteiger partial charge in [-0.05, 0) is 56.7 Å². The minimum Gasteiger partial charge on any atom is -0.341 e. The van der Waals surface area contributed by atoms with Gasteiger partial charge in [0.25, 0.3) is 0 Å². The number of carbonyl (C=O) groups excluding carboxylic acids is 2. The predicted octanol–water partition coefficient (Wildman–Crippen LogP) is 3.02. The molecule has 1 N–H and O–H groups in total. The van der Waals surface area contributed by atoms with E-state index in [4.69, 9.17) is 0 Å². The van der Waals surface area contributed by atoms with Gasteiger partial charge in [0, 0.05) is 32.1 Å². The van der Waals surface area contributed by atoms with Crippen molar-refractivity contribution in [1.29, 1.82) is 0 Å². The molecule has 2 aliphatic rings. The molecule has 1 aromatic carbocycles. The van der Waals surface area contributed by atoms with Crippen LogP contribution in [-0.2, 0) is 4.79 Å². The molecular weight excluding hydrogens is 314 g/mol. The largest absolute Gasteiger partial charge is 0.341 e. The highest BCUT2D eigenvalue weighted by Crippen LogP contribution is 2.31. The number of hydrogen-bond acceptors (Lipinski definition) is 2. The molecule has 1 saturated heterocycles. The monoisotopic (exact) mass is 343 g/mol. The van der Waals surface area contributed by atoms with Crippen LogP contribution in [0.4, 0.5) is 4.79 Å². The summed E-state index contributed by atoms with van der Waals surface area (Å²) in [5.41, 5.74) is 3.63. The van der Waals surface area contributed by atoms with Crippen molar-refractivity contribution in [3.8, 4) is 0 Å². The predicted molar refractivity (Wildman–Crippen MR) is 98.4 cm³/mol. The van der Waals surface area contributed by atoms with Gasteiger partial charge in [-0.2, -0.15) is 0 Å². The van der Waals surface area contributed by atoms with Gasteiger partial charge in [-0.3, -0.25) is 4.79 Å². The highest BCUT2D eigenvalue weighted by Gasteiger charge is 2.34. The Kier molecular flexibility index (Phi) is 5.30. The molecular formula is C20H29N3O2. The van der Waals surface area contributed by atoms with Gasteiger partial charge in [-0.15, -0.1) is 0 Å². The van der Waals surface area contributed by atoms with Crippen molar-refractivity contribution in [2.45, 2.75) is 46.1 Å². The summed E-state index contributed by atoms with van der Waals surface area (Å²) in [4.78, 5) is 28.7. The fourth-order valence-corrected chi connectivity index (χ4v) is 3.53. The van der Waals surface area contributed by atoms with Gasteiger partial charge >= 0.3 is 6.03 Å². The van der Waals surface area contributed by atoms with E-state index in [1.54, 1.807) is 0 Å². The second-order valence-corrected chi connectivity index (χ2v) is 7.40. The molecule has 0 radical (unpaired) electrons. The van der Waals surface area contributed by atoms with Gasteiger partial charge in [0.05, 0.1) is 6.04 Å². The van der Waals surface area contributed by atoms with Crippen LogP contribution >= 0.6 is 0 Å². The lowest BCUT2D eigenvalue weighted by Crippen LogP contribution is -2.43. The maximum atomic E-state index is 12.7. The highest BCUT2D eigenvalue weighted by molar-refractivity contribution is 5.81. The van der Waals surface area contributed by atoms with E-state index in [1.807, 2.05) is 22.8 Å². The lowest BCUT2D eigenvalue weighted by Gasteiger charge is -2.25. The molecule has 0 spiro atoms. The van der Waals surface area contributed by atoms with Gasteiger partial charge in [-0.1, -0.05) is 18.2 Å². The molecule has 136 valence electrons. The fraction of sp³-hybridized carbons (Fsp3) is 0.600. The summed E-state index contributed by atoms with van der Waals surface area (Å²) < 4.78 is 0. The van der Waals surface area contributed by atoms with E-state index in [1.165, 1.54) is 11.1 Å². The van der Waals surface area contributed by atoms with Crippen molar-refractivity contribution >= 4 is 11.9 Å². The molecule has 0 bridgehead atoms. The number of nitrogens with one attached hydrogen (secondary N) is 1. The van der Waals surface area contributed by atoms with Crippen LogP contribution in [0.25, 0.3) is 0 Å². The summed E-state index contributed by atoms with van der Waals surface area (Å²) in [7, 11) is 0. The fourth-order valence-electron chi connectivity index (χ4n) is 3.53. The Morgan fingerprint density at radius 1 is 1.08 bits per heavy atom. The van der Waals surface area contributed by atoms with Crippen LogP contribution in [0.5, 0.6) is 0 Å². The van der Waals surface area contributed by atoms with Crippen molar-refractivity contribution < 1.29 is 9.59 Å². The molecule has 1 heterocycles. The summed E-state index contributed by atoms with van der Waals surface area (Å²) in [6, 6.07) is 6.14. The number of urea groups is 1. The number of aryl methyl sites for hydroxylation is 1. The van der Waals surface area contributed by atoms with Crippen LogP contribution in [0.15, 0.2) is 18.2 Å². The molecule has 5 heteroatoms. The number of amides is 3. The molecule has 5 nitrogen and oxygen atoms in total. The lowest BCUT2D eigenvalue weighted by molar-refractivity contribution is -0.132. The van der Waals surface area contributed by atoms with E-state index in [-0.39, 0.29) is 23.9 Å². The standard InChI is InChI=1S/C20H29N3O2/c1-14-6-4-7-18(15(14)2)16(3)21-20(25)23-11-5-10-22(12-13-23)19(24)17-8-9-17/h4,6-7,16-17H,5,8-13H2,1-3H3,(H,21,25)/t16-/m1/s1. The Bertz CT molecular complexity index is 654. The molecule has 1 aliphatic carbocycles. The van der Waals surface area contributed by atoms with E-state index in [2.05, 4.69) is 31.3 Å². The number of nitrogens with zero attached hydrogens (tertiary/aromatic N) is 2. The second kappa shape index (κ2) is 7.46. The number of benzene rings is 1. The van der Waals surface area contributed by atoms with Crippen molar-refractivity contribution in [3.05, 3.63) is 34.9 Å². The third-order valence-corrected chi connectivity index (χ3v) is 5.47. The van der Waals surface area contributed by atoms with Crippen LogP contribution < -0.4 is 5.32 Å². The number of hydrogen-bond donors (Lipinski definition) is 1. The van der Waals surface area contributed by atoms with Gasteiger partial charge in [-0.25, -0.2) is 4.79 Å². The van der Waals surface area contributed by atoms with E-state index in [0.717, 1.165) is 31.4 Å². The summed E-state index contributed by atoms with van der Waals surface area (Å²) in [5.74, 6) is 0.538. The van der Waals surface area contributed by atoms with E-state index < -0.39 is 0 Å². The second-order valence-electron chi connectivity index (χ2n) is 7.40. The normalized spacial score (nSPS) is 19.3. The van der Waals surface area contributed by atoms with Crippen LogP contribution in [0.3, 0.4) is 0 Å². The summed E-state index contributed by atoms with van der Waals surface area (Å²) in [5, 5.41) is 3.12. The first kappa shape index (κ1) is 17.8. The van der Waals surface area contributed by atoms with Crippen LogP contribution in [-0.4, -0.2) is 47.9 Å². The molecule has 2 fully saturated rings. The van der Waals surface area contributed by atoms with Gasteiger partial charge in [0.1, 0.15) is 0 Å². The summed E-state index contributed by atoms with van der Waals surface area (Å²) in [6.07, 6.45) is 2.92. The molecule has 1 saturated carbocycles. The molecule has 25 heavy (non-hydrogen) atoms. The van der Waals surface area contributed by atoms with E-state index in [9.17, 15) is 9.59 Å². The van der Waals surface area contributed by atoms with E-state index >= 15 is 0 Å². The average molecular weight is 343 g/mol. The molecule has 1 aromatic rings. The Hall–Kier alpha value is -2.04. The van der Waals surface area contributed by atoms with Crippen LogP contribution in [0.1, 0.15) is 48.9 Å². The maximum absolute atomic E-state index is 12.7. The van der Waals surface area contributed by atoms with Crippen LogP contribution in [0.2, 0.25) is 0 Å². The number of carbonyl (C=O) groups is 2. The first-order valence-electron chi connectivity index (χ1n) is 9.37. The molecule has 1 aliphatic heterocycles. The molecule has 0 aromatic heterocycles.